The summed E-state index contributed by atoms with van der Waals surface area (Å²) in [4.78, 5) is 34.9. The van der Waals surface area contributed by atoms with E-state index in [1.54, 1.807) is 0 Å². The summed E-state index contributed by atoms with van der Waals surface area (Å²) in [6.45, 7) is 2.68. The first-order valence-electron chi connectivity index (χ1n) is 5.18. The van der Waals surface area contributed by atoms with E-state index in [0.717, 1.165) is 14.2 Å². The fourth-order valence-electron chi connectivity index (χ4n) is 1.77. The highest BCUT2D eigenvalue weighted by atomic mass is 16.5. The molecule has 0 aromatic heterocycles. The van der Waals surface area contributed by atoms with Crippen molar-refractivity contribution < 1.29 is 29.0 Å². The number of methoxy groups -OCH3 is 2. The second-order valence-electron chi connectivity index (χ2n) is 4.27. The van der Waals surface area contributed by atoms with E-state index in [2.05, 4.69) is 14.8 Å². The molecule has 0 radical (unpaired) electrons. The molecule has 0 fully saturated rings. The second-order valence-corrected chi connectivity index (χ2v) is 4.27. The Balaban J connectivity index is 3.38. The van der Waals surface area contributed by atoms with Gasteiger partial charge in [0.15, 0.2) is 6.04 Å². The number of hydrogen-bond donors (Lipinski definition) is 2. The Bertz CT molecular complexity index is 431. The number of esters is 2. The van der Waals surface area contributed by atoms with Crippen LogP contribution in [-0.2, 0) is 23.9 Å². The van der Waals surface area contributed by atoms with E-state index in [1.807, 2.05) is 0 Å². The third-order valence-electron chi connectivity index (χ3n) is 2.51. The van der Waals surface area contributed by atoms with Crippen molar-refractivity contribution in [2.45, 2.75) is 25.5 Å². The van der Waals surface area contributed by atoms with Crippen molar-refractivity contribution in [1.82, 2.24) is 5.32 Å². The summed E-state index contributed by atoms with van der Waals surface area (Å²) in [6.07, 6.45) is 0. The summed E-state index contributed by atoms with van der Waals surface area (Å²) in [5.41, 5.74) is -1.98. The molecule has 1 rings (SSSR count). The number of hydrogen-bond acceptors (Lipinski definition) is 6. The van der Waals surface area contributed by atoms with Crippen LogP contribution in [0.15, 0.2) is 11.1 Å². The molecule has 1 atom stereocenters. The molecule has 7 nitrogen and oxygen atoms in total. The van der Waals surface area contributed by atoms with Crippen LogP contribution < -0.4 is 5.32 Å². The minimum atomic E-state index is -1.57. The molecule has 18 heavy (non-hydrogen) atoms. The van der Waals surface area contributed by atoms with Gasteiger partial charge in [-0.05, 0) is 13.8 Å². The van der Waals surface area contributed by atoms with Crippen molar-refractivity contribution in [2.24, 2.45) is 0 Å². The molecule has 1 unspecified atom stereocenters. The van der Waals surface area contributed by atoms with Crippen LogP contribution in [0.3, 0.4) is 0 Å². The lowest BCUT2D eigenvalue weighted by atomic mass is 9.92. The molecular weight excluding hydrogens is 242 g/mol. The van der Waals surface area contributed by atoms with Crippen LogP contribution in [0.5, 0.6) is 0 Å². The predicted octanol–water partition coefficient (Wildman–Crippen LogP) is -1.10. The SMILES string of the molecule is COC(=O)C1=C(C(C)(C)O)C(=O)NC1C(=O)OC. The third-order valence-corrected chi connectivity index (χ3v) is 2.51. The summed E-state index contributed by atoms with van der Waals surface area (Å²) in [5, 5.41) is 12.2. The van der Waals surface area contributed by atoms with E-state index >= 15 is 0 Å². The van der Waals surface area contributed by atoms with Gasteiger partial charge >= 0.3 is 11.9 Å². The average Bonchev–Trinajstić information content (AvgIpc) is 2.64. The van der Waals surface area contributed by atoms with Gasteiger partial charge in [0.05, 0.1) is 31.0 Å². The zero-order valence-electron chi connectivity index (χ0n) is 10.6. The lowest BCUT2D eigenvalue weighted by molar-refractivity contribution is -0.145. The molecule has 100 valence electrons. The molecule has 1 aliphatic rings. The molecule has 0 saturated carbocycles. The first-order chi connectivity index (χ1) is 8.23. The van der Waals surface area contributed by atoms with E-state index in [-0.39, 0.29) is 11.1 Å². The first-order valence-corrected chi connectivity index (χ1v) is 5.18. The summed E-state index contributed by atoms with van der Waals surface area (Å²) < 4.78 is 9.02. The molecule has 2 N–H and O–H groups in total. The lowest BCUT2D eigenvalue weighted by Crippen LogP contribution is -2.39. The zero-order chi connectivity index (χ0) is 14.1. The van der Waals surface area contributed by atoms with Gasteiger partial charge in [0.25, 0.3) is 5.91 Å². The van der Waals surface area contributed by atoms with Crippen LogP contribution in [0.4, 0.5) is 0 Å². The van der Waals surface area contributed by atoms with E-state index in [1.165, 1.54) is 13.8 Å². The Morgan fingerprint density at radius 3 is 2.22 bits per heavy atom. The summed E-state index contributed by atoms with van der Waals surface area (Å²) in [5.74, 6) is -2.36. The Kier molecular flexibility index (Phi) is 3.76. The van der Waals surface area contributed by atoms with Crippen molar-refractivity contribution in [1.29, 1.82) is 0 Å². The first kappa shape index (κ1) is 14.2. The molecule has 0 saturated heterocycles. The van der Waals surface area contributed by atoms with Gasteiger partial charge in [-0.3, -0.25) is 4.79 Å². The number of carbonyl (C=O) groups is 3. The number of rotatable bonds is 3. The van der Waals surface area contributed by atoms with Crippen molar-refractivity contribution in [3.05, 3.63) is 11.1 Å². The number of nitrogens with one attached hydrogen (secondary N) is 1. The largest absolute Gasteiger partial charge is 0.467 e. The quantitative estimate of drug-likeness (QED) is 0.622. The maximum atomic E-state index is 11.7. The number of ether oxygens (including phenoxy) is 2. The average molecular weight is 257 g/mol. The zero-order valence-corrected chi connectivity index (χ0v) is 10.6. The molecule has 0 bridgehead atoms. The molecule has 0 spiro atoms. The van der Waals surface area contributed by atoms with Gasteiger partial charge in [0, 0.05) is 0 Å². The Hall–Kier alpha value is -1.89. The van der Waals surface area contributed by atoms with Gasteiger partial charge in [-0.2, -0.15) is 0 Å². The van der Waals surface area contributed by atoms with Gasteiger partial charge in [-0.25, -0.2) is 9.59 Å². The molecule has 0 aromatic rings. The van der Waals surface area contributed by atoms with Gasteiger partial charge in [-0.15, -0.1) is 0 Å². The smallest absolute Gasteiger partial charge is 0.337 e. The van der Waals surface area contributed by atoms with Crippen LogP contribution in [-0.4, -0.2) is 48.8 Å². The molecule has 0 aromatic carbocycles. The van der Waals surface area contributed by atoms with Crippen molar-refractivity contribution in [2.75, 3.05) is 14.2 Å². The van der Waals surface area contributed by atoms with Crippen molar-refractivity contribution >= 4 is 17.8 Å². The fraction of sp³-hybridized carbons (Fsp3) is 0.545. The van der Waals surface area contributed by atoms with Crippen molar-refractivity contribution in [3.8, 4) is 0 Å². The Morgan fingerprint density at radius 1 is 1.28 bits per heavy atom. The molecular formula is C11H15NO6. The summed E-state index contributed by atoms with van der Waals surface area (Å²) in [7, 11) is 2.25. The van der Waals surface area contributed by atoms with Gasteiger partial charge < -0.3 is 19.9 Å². The van der Waals surface area contributed by atoms with Gasteiger partial charge in [0.1, 0.15) is 0 Å². The van der Waals surface area contributed by atoms with Crippen LogP contribution in [0, 0.1) is 0 Å². The van der Waals surface area contributed by atoms with Crippen LogP contribution in [0.25, 0.3) is 0 Å². The van der Waals surface area contributed by atoms with E-state index < -0.39 is 29.5 Å². The minimum absolute atomic E-state index is 0.190. The van der Waals surface area contributed by atoms with Crippen molar-refractivity contribution in [3.63, 3.8) is 0 Å². The second kappa shape index (κ2) is 4.77. The molecule has 1 heterocycles. The molecule has 1 amide bonds. The molecule has 7 heteroatoms. The number of carbonyl (C=O) groups excluding carboxylic acids is 3. The summed E-state index contributed by atoms with van der Waals surface area (Å²) >= 11 is 0. The Labute approximate surface area is 104 Å². The fourth-order valence-corrected chi connectivity index (χ4v) is 1.77. The third kappa shape index (κ3) is 2.35. The van der Waals surface area contributed by atoms with Gasteiger partial charge in [0.2, 0.25) is 0 Å². The van der Waals surface area contributed by atoms with Crippen LogP contribution >= 0.6 is 0 Å². The normalized spacial score (nSPS) is 19.6. The number of aliphatic hydroxyl groups is 1. The minimum Gasteiger partial charge on any atom is -0.467 e. The van der Waals surface area contributed by atoms with Crippen LogP contribution in [0.1, 0.15) is 13.8 Å². The Morgan fingerprint density at radius 2 is 1.83 bits per heavy atom. The van der Waals surface area contributed by atoms with Gasteiger partial charge in [-0.1, -0.05) is 0 Å². The monoisotopic (exact) mass is 257 g/mol. The number of amides is 1. The predicted molar refractivity (Wildman–Crippen MR) is 59.3 cm³/mol. The maximum absolute atomic E-state index is 11.7. The van der Waals surface area contributed by atoms with E-state index in [4.69, 9.17) is 0 Å². The molecule has 0 aliphatic carbocycles. The van der Waals surface area contributed by atoms with E-state index in [9.17, 15) is 19.5 Å². The highest BCUT2D eigenvalue weighted by Gasteiger charge is 2.46. The van der Waals surface area contributed by atoms with E-state index in [0.29, 0.717) is 0 Å². The highest BCUT2D eigenvalue weighted by Crippen LogP contribution is 2.28. The molecule has 1 aliphatic heterocycles. The maximum Gasteiger partial charge on any atom is 0.337 e. The standard InChI is InChI=1S/C11H15NO6/c1-11(2,16)6-5(9(14)17-3)7(10(15)18-4)12-8(6)13/h7,16H,1-4H3,(H,12,13). The lowest BCUT2D eigenvalue weighted by Gasteiger charge is -2.18. The highest BCUT2D eigenvalue weighted by molar-refractivity contribution is 6.13. The topological polar surface area (TPSA) is 102 Å². The summed E-state index contributed by atoms with van der Waals surface area (Å²) in [6, 6.07) is -1.25. The van der Waals surface area contributed by atoms with Crippen LogP contribution in [0.2, 0.25) is 0 Å².